The van der Waals surface area contributed by atoms with Crippen LogP contribution >= 0.6 is 0 Å². The molecule has 1 aromatic carbocycles. The number of benzene rings is 1. The number of anilines is 1. The van der Waals surface area contributed by atoms with Gasteiger partial charge < -0.3 is 21.3 Å². The van der Waals surface area contributed by atoms with Crippen molar-refractivity contribution in [3.05, 3.63) is 29.3 Å². The normalized spacial score (nSPS) is 12.5. The molecule has 19 heavy (non-hydrogen) atoms. The lowest BCUT2D eigenvalue weighted by Crippen LogP contribution is -2.40. The van der Waals surface area contributed by atoms with Crippen molar-refractivity contribution in [3.63, 3.8) is 0 Å². The molecule has 1 amide bonds. The highest BCUT2D eigenvalue weighted by atomic mass is 16.3. The topological polar surface area (TPSA) is 95.6 Å². The van der Waals surface area contributed by atoms with Crippen LogP contribution in [0.2, 0.25) is 0 Å². The number of hydrogen-bond acceptors (Lipinski definition) is 4. The van der Waals surface area contributed by atoms with E-state index < -0.39 is 6.04 Å². The fourth-order valence-electron chi connectivity index (χ4n) is 1.75. The highest BCUT2D eigenvalue weighted by molar-refractivity contribution is 5.95. The number of hydrogen-bond donors (Lipinski definition) is 4. The predicted molar refractivity (Wildman–Crippen MR) is 75.0 cm³/mol. The van der Waals surface area contributed by atoms with Crippen LogP contribution in [0.25, 0.3) is 0 Å². The molecule has 0 heterocycles. The zero-order valence-corrected chi connectivity index (χ0v) is 11.4. The second-order valence-corrected chi connectivity index (χ2v) is 4.73. The molecule has 0 spiro atoms. The number of rotatable bonds is 6. The van der Waals surface area contributed by atoms with Crippen molar-refractivity contribution < 1.29 is 15.0 Å². The lowest BCUT2D eigenvalue weighted by Gasteiger charge is -2.15. The highest BCUT2D eigenvalue weighted by Crippen LogP contribution is 2.22. The maximum absolute atomic E-state index is 12.0. The van der Waals surface area contributed by atoms with Gasteiger partial charge >= 0.3 is 0 Å². The van der Waals surface area contributed by atoms with Gasteiger partial charge in [0, 0.05) is 11.3 Å². The zero-order chi connectivity index (χ0) is 14.4. The third-order valence-corrected chi connectivity index (χ3v) is 3.20. The van der Waals surface area contributed by atoms with E-state index in [0.717, 1.165) is 12.0 Å². The Bertz CT molecular complexity index is 431. The molecular weight excluding hydrogens is 244 g/mol. The number of nitrogen functional groups attached to an aromatic ring is 1. The molecule has 0 radical (unpaired) electrons. The summed E-state index contributed by atoms with van der Waals surface area (Å²) in [6.07, 6.45) is 0.959. The zero-order valence-electron chi connectivity index (χ0n) is 11.4. The van der Waals surface area contributed by atoms with E-state index in [1.807, 2.05) is 6.07 Å². The van der Waals surface area contributed by atoms with Crippen molar-refractivity contribution in [2.45, 2.75) is 32.2 Å². The van der Waals surface area contributed by atoms with Crippen molar-refractivity contribution in [3.8, 4) is 0 Å². The Hall–Kier alpha value is -1.59. The molecule has 0 aliphatic heterocycles. The van der Waals surface area contributed by atoms with E-state index in [1.165, 1.54) is 0 Å². The third kappa shape index (κ3) is 4.22. The van der Waals surface area contributed by atoms with Crippen molar-refractivity contribution in [1.29, 1.82) is 0 Å². The summed E-state index contributed by atoms with van der Waals surface area (Å²) >= 11 is 0. The summed E-state index contributed by atoms with van der Waals surface area (Å²) in [4.78, 5) is 12.0. The molecule has 1 aromatic rings. The van der Waals surface area contributed by atoms with Gasteiger partial charge in [0.1, 0.15) is 0 Å². The third-order valence-electron chi connectivity index (χ3n) is 3.20. The van der Waals surface area contributed by atoms with Crippen LogP contribution in [0.15, 0.2) is 18.2 Å². The van der Waals surface area contributed by atoms with Gasteiger partial charge in [-0.05, 0) is 36.1 Å². The van der Waals surface area contributed by atoms with Gasteiger partial charge in [0.2, 0.25) is 0 Å². The highest BCUT2D eigenvalue weighted by Gasteiger charge is 2.14. The fraction of sp³-hybridized carbons (Fsp3) is 0.500. The lowest BCUT2D eigenvalue weighted by atomic mass is 9.96. The monoisotopic (exact) mass is 266 g/mol. The van der Waals surface area contributed by atoms with Gasteiger partial charge in [-0.25, -0.2) is 0 Å². The molecule has 5 nitrogen and oxygen atoms in total. The number of aliphatic hydroxyl groups excluding tert-OH is 2. The van der Waals surface area contributed by atoms with E-state index in [4.69, 9.17) is 15.9 Å². The van der Waals surface area contributed by atoms with Crippen LogP contribution in [0.4, 0.5) is 5.69 Å². The quantitative estimate of drug-likeness (QED) is 0.574. The predicted octanol–water partition coefficient (Wildman–Crippen LogP) is 0.865. The Morgan fingerprint density at radius 1 is 1.32 bits per heavy atom. The lowest BCUT2D eigenvalue weighted by molar-refractivity contribution is 0.0879. The van der Waals surface area contributed by atoms with E-state index in [-0.39, 0.29) is 19.1 Å². The summed E-state index contributed by atoms with van der Waals surface area (Å²) in [5.41, 5.74) is 7.80. The molecule has 5 heteroatoms. The number of nitrogens with one attached hydrogen (secondary N) is 1. The van der Waals surface area contributed by atoms with Crippen LogP contribution in [0.3, 0.4) is 0 Å². The van der Waals surface area contributed by atoms with Gasteiger partial charge in [0.15, 0.2) is 0 Å². The van der Waals surface area contributed by atoms with Gasteiger partial charge in [-0.2, -0.15) is 0 Å². The largest absolute Gasteiger partial charge is 0.399 e. The Morgan fingerprint density at radius 3 is 2.47 bits per heavy atom. The Labute approximate surface area is 113 Å². The Morgan fingerprint density at radius 2 is 1.95 bits per heavy atom. The molecule has 0 saturated carbocycles. The van der Waals surface area contributed by atoms with Crippen LogP contribution in [-0.2, 0) is 0 Å². The molecule has 1 atom stereocenters. The second kappa shape index (κ2) is 7.11. The van der Waals surface area contributed by atoms with Crippen LogP contribution in [-0.4, -0.2) is 35.4 Å². The number of aliphatic hydroxyl groups is 2. The minimum absolute atomic E-state index is 0.303. The molecule has 0 aliphatic rings. The summed E-state index contributed by atoms with van der Waals surface area (Å²) in [6, 6.07) is 4.60. The Balaban J connectivity index is 2.93. The van der Waals surface area contributed by atoms with Crippen LogP contribution in [0.5, 0.6) is 0 Å². The van der Waals surface area contributed by atoms with Crippen molar-refractivity contribution in [2.75, 3.05) is 18.9 Å². The van der Waals surface area contributed by atoms with Gasteiger partial charge in [0.25, 0.3) is 5.91 Å². The second-order valence-electron chi connectivity index (χ2n) is 4.73. The van der Waals surface area contributed by atoms with Crippen LogP contribution < -0.4 is 11.1 Å². The summed E-state index contributed by atoms with van der Waals surface area (Å²) in [5.74, 6) is -0.0218. The first-order valence-electron chi connectivity index (χ1n) is 6.44. The van der Waals surface area contributed by atoms with Gasteiger partial charge in [-0.3, -0.25) is 4.79 Å². The summed E-state index contributed by atoms with van der Waals surface area (Å²) < 4.78 is 0. The first-order valence-corrected chi connectivity index (χ1v) is 6.44. The van der Waals surface area contributed by atoms with Crippen molar-refractivity contribution >= 4 is 11.6 Å². The summed E-state index contributed by atoms with van der Waals surface area (Å²) in [6.45, 7) is 3.54. The molecule has 1 unspecified atom stereocenters. The number of carbonyl (C=O) groups is 1. The number of carbonyl (C=O) groups excluding carboxylic acids is 1. The first-order chi connectivity index (χ1) is 9.01. The smallest absolute Gasteiger partial charge is 0.251 e. The maximum atomic E-state index is 12.0. The number of nitrogens with two attached hydrogens (primary N) is 1. The Kier molecular flexibility index (Phi) is 5.79. The molecule has 0 aliphatic carbocycles. The van der Waals surface area contributed by atoms with E-state index in [9.17, 15) is 4.79 Å². The van der Waals surface area contributed by atoms with Gasteiger partial charge in [-0.1, -0.05) is 13.8 Å². The van der Waals surface area contributed by atoms with Crippen LogP contribution in [0, 0.1) is 0 Å². The van der Waals surface area contributed by atoms with E-state index in [2.05, 4.69) is 19.2 Å². The summed E-state index contributed by atoms with van der Waals surface area (Å²) in [7, 11) is 0. The molecule has 0 fully saturated rings. The van der Waals surface area contributed by atoms with Gasteiger partial charge in [0.05, 0.1) is 19.3 Å². The number of amides is 1. The molecule has 1 rings (SSSR count). The first kappa shape index (κ1) is 15.5. The molecule has 106 valence electrons. The average Bonchev–Trinajstić information content (AvgIpc) is 2.42. The summed E-state index contributed by atoms with van der Waals surface area (Å²) in [5, 5.41) is 20.5. The van der Waals surface area contributed by atoms with Crippen molar-refractivity contribution in [1.82, 2.24) is 5.32 Å². The molecule has 0 bridgehead atoms. The molecular formula is C14H22N2O3. The van der Waals surface area contributed by atoms with E-state index in [1.54, 1.807) is 12.1 Å². The SMILES string of the molecule is CCC(C)c1cc(N)cc(C(=O)NC(CO)CO)c1. The van der Waals surface area contributed by atoms with E-state index >= 15 is 0 Å². The minimum atomic E-state index is -0.652. The van der Waals surface area contributed by atoms with Gasteiger partial charge in [-0.15, -0.1) is 0 Å². The maximum Gasteiger partial charge on any atom is 0.251 e. The van der Waals surface area contributed by atoms with Crippen LogP contribution in [0.1, 0.15) is 42.1 Å². The molecule has 0 aromatic heterocycles. The standard InChI is InChI=1S/C14H22N2O3/c1-3-9(2)10-4-11(6-12(15)5-10)14(19)16-13(7-17)8-18/h4-6,9,13,17-18H,3,7-8,15H2,1-2H3,(H,16,19). The average molecular weight is 266 g/mol. The molecule has 0 saturated heterocycles. The molecule has 5 N–H and O–H groups in total. The minimum Gasteiger partial charge on any atom is -0.399 e. The fourth-order valence-corrected chi connectivity index (χ4v) is 1.75. The van der Waals surface area contributed by atoms with Crippen molar-refractivity contribution in [2.24, 2.45) is 0 Å². The van der Waals surface area contributed by atoms with E-state index in [0.29, 0.717) is 17.2 Å².